The van der Waals surface area contributed by atoms with Crippen molar-refractivity contribution in [1.29, 1.82) is 0 Å². The molecule has 1 fully saturated rings. The van der Waals surface area contributed by atoms with E-state index in [1.807, 2.05) is 43.3 Å². The lowest BCUT2D eigenvalue weighted by molar-refractivity contribution is 0.0284. The van der Waals surface area contributed by atoms with Crippen LogP contribution in [-0.2, 0) is 4.74 Å². The zero-order valence-corrected chi connectivity index (χ0v) is 24.5. The molecule has 1 heterocycles. The van der Waals surface area contributed by atoms with Gasteiger partial charge in [0.2, 0.25) is 0 Å². The van der Waals surface area contributed by atoms with Crippen molar-refractivity contribution in [2.45, 2.75) is 45.2 Å². The predicted molar refractivity (Wildman–Crippen MR) is 152 cm³/mol. The highest BCUT2D eigenvalue weighted by molar-refractivity contribution is 5.46. The summed E-state index contributed by atoms with van der Waals surface area (Å²) < 4.78 is 40.1. The van der Waals surface area contributed by atoms with Gasteiger partial charge >= 0.3 is 0 Å². The quantitative estimate of drug-likeness (QED) is 0.296. The molecule has 4 rings (SSSR count). The van der Waals surface area contributed by atoms with Gasteiger partial charge in [0.05, 0.1) is 47.8 Å². The molecule has 8 nitrogen and oxygen atoms in total. The van der Waals surface area contributed by atoms with E-state index in [0.717, 1.165) is 11.1 Å². The molecule has 1 saturated heterocycles. The Morgan fingerprint density at radius 2 is 1.02 bits per heavy atom. The van der Waals surface area contributed by atoms with E-state index in [2.05, 4.69) is 13.8 Å². The summed E-state index contributed by atoms with van der Waals surface area (Å²) in [5.74, 6) is 4.12. The first-order valence-corrected chi connectivity index (χ1v) is 13.4. The summed E-state index contributed by atoms with van der Waals surface area (Å²) in [6.45, 7) is 6.22. The van der Waals surface area contributed by atoms with Crippen molar-refractivity contribution in [2.24, 2.45) is 11.8 Å². The van der Waals surface area contributed by atoms with E-state index in [4.69, 9.17) is 33.2 Å². The Morgan fingerprint density at radius 1 is 0.600 bits per heavy atom. The number of benzene rings is 3. The van der Waals surface area contributed by atoms with Crippen molar-refractivity contribution >= 4 is 0 Å². The fourth-order valence-corrected chi connectivity index (χ4v) is 5.28. The fourth-order valence-electron chi connectivity index (χ4n) is 5.28. The Bertz CT molecular complexity index is 1290. The first-order chi connectivity index (χ1) is 19.3. The molecule has 8 heteroatoms. The average Bonchev–Trinajstić information content (AvgIpc) is 3.29. The molecule has 6 atom stereocenters. The van der Waals surface area contributed by atoms with Crippen LogP contribution in [0.2, 0.25) is 0 Å². The van der Waals surface area contributed by atoms with Crippen LogP contribution < -0.4 is 28.4 Å². The number of hydrogen-bond donors (Lipinski definition) is 1. The highest BCUT2D eigenvalue weighted by Crippen LogP contribution is 2.50. The number of aliphatic hydroxyl groups excluding tert-OH is 1. The van der Waals surface area contributed by atoms with Crippen LogP contribution in [0.4, 0.5) is 0 Å². The Kier molecular flexibility index (Phi) is 9.32. The van der Waals surface area contributed by atoms with Gasteiger partial charge in [-0.15, -0.1) is 0 Å². The molecule has 1 aliphatic heterocycles. The van der Waals surface area contributed by atoms with Gasteiger partial charge in [-0.05, 0) is 71.8 Å². The molecule has 0 spiro atoms. The second-order valence-electron chi connectivity index (χ2n) is 10.1. The van der Waals surface area contributed by atoms with E-state index in [-0.39, 0.29) is 24.0 Å². The molecule has 216 valence electrons. The lowest BCUT2D eigenvalue weighted by atomic mass is 9.85. The summed E-state index contributed by atoms with van der Waals surface area (Å²) in [5.41, 5.74) is 2.70. The lowest BCUT2D eigenvalue weighted by Gasteiger charge is -2.24. The maximum Gasteiger partial charge on any atom is 0.161 e. The molecule has 0 unspecified atom stereocenters. The second kappa shape index (κ2) is 12.7. The van der Waals surface area contributed by atoms with Crippen LogP contribution >= 0.6 is 0 Å². The number of ether oxygens (including phenoxy) is 7. The van der Waals surface area contributed by atoms with Gasteiger partial charge in [0.15, 0.2) is 34.5 Å². The van der Waals surface area contributed by atoms with Gasteiger partial charge in [-0.2, -0.15) is 0 Å². The van der Waals surface area contributed by atoms with Crippen molar-refractivity contribution in [3.05, 3.63) is 71.3 Å². The van der Waals surface area contributed by atoms with Crippen molar-refractivity contribution in [2.75, 3.05) is 35.5 Å². The minimum absolute atomic E-state index is 0.0987. The second-order valence-corrected chi connectivity index (χ2v) is 10.1. The highest BCUT2D eigenvalue weighted by Gasteiger charge is 2.41. The van der Waals surface area contributed by atoms with E-state index in [1.165, 1.54) is 0 Å². The van der Waals surface area contributed by atoms with Crippen LogP contribution in [0, 0.1) is 11.8 Å². The largest absolute Gasteiger partial charge is 0.493 e. The summed E-state index contributed by atoms with van der Waals surface area (Å²) in [5, 5.41) is 11.0. The van der Waals surface area contributed by atoms with Crippen molar-refractivity contribution in [3.63, 3.8) is 0 Å². The molecule has 0 aromatic heterocycles. The zero-order chi connectivity index (χ0) is 29.0. The maximum absolute atomic E-state index is 11.0. The van der Waals surface area contributed by atoms with E-state index in [1.54, 1.807) is 53.7 Å². The van der Waals surface area contributed by atoms with Crippen molar-refractivity contribution < 1.29 is 38.3 Å². The van der Waals surface area contributed by atoms with Crippen molar-refractivity contribution in [3.8, 4) is 34.5 Å². The Morgan fingerprint density at radius 3 is 1.52 bits per heavy atom. The summed E-state index contributed by atoms with van der Waals surface area (Å²) >= 11 is 0. The maximum atomic E-state index is 11.0. The highest BCUT2D eigenvalue weighted by atomic mass is 16.5. The van der Waals surface area contributed by atoms with Gasteiger partial charge in [-0.25, -0.2) is 0 Å². The third-order valence-electron chi connectivity index (χ3n) is 7.84. The van der Waals surface area contributed by atoms with E-state index >= 15 is 0 Å². The molecule has 0 radical (unpaired) electrons. The number of methoxy groups -OCH3 is 5. The SMILES string of the molecule is COc1ccc([C@@H](O)[C@H](C)Oc2ccc([C@H]3O[C@H](c4ccc(OC)c(OC)c4)[C@H](C)[C@H]3C)cc2OC)cc1OC. The third kappa shape index (κ3) is 5.78. The van der Waals surface area contributed by atoms with Gasteiger partial charge < -0.3 is 38.3 Å². The molecule has 1 N–H and O–H groups in total. The lowest BCUT2D eigenvalue weighted by Crippen LogP contribution is -2.22. The summed E-state index contributed by atoms with van der Waals surface area (Å²) in [6.07, 6.45) is -1.69. The molecule has 0 amide bonds. The predicted octanol–water partition coefficient (Wildman–Crippen LogP) is 6.32. The zero-order valence-electron chi connectivity index (χ0n) is 24.5. The molecule has 1 aliphatic rings. The average molecular weight is 553 g/mol. The van der Waals surface area contributed by atoms with Crippen LogP contribution in [0.3, 0.4) is 0 Å². The van der Waals surface area contributed by atoms with Crippen LogP contribution in [-0.4, -0.2) is 46.8 Å². The molecule has 0 bridgehead atoms. The molecule has 40 heavy (non-hydrogen) atoms. The van der Waals surface area contributed by atoms with E-state index in [9.17, 15) is 5.11 Å². The first-order valence-electron chi connectivity index (χ1n) is 13.4. The first kappa shape index (κ1) is 29.4. The third-order valence-corrected chi connectivity index (χ3v) is 7.84. The van der Waals surface area contributed by atoms with Gasteiger partial charge in [-0.1, -0.05) is 32.0 Å². The van der Waals surface area contributed by atoms with Crippen LogP contribution in [0.25, 0.3) is 0 Å². The molecule has 0 aliphatic carbocycles. The Balaban J connectivity index is 1.52. The minimum Gasteiger partial charge on any atom is -0.493 e. The standard InChI is InChI=1S/C32H40O8/c1-18-19(2)32(40-31(18)22-10-13-25(35-5)28(16-22)37-7)23-11-14-26(29(17-23)38-8)39-20(3)30(33)21-9-12-24(34-4)27(15-21)36-6/h9-20,30-33H,1-8H3/t18-,19-,20+,30+,31+,32+/m1/s1. The van der Waals surface area contributed by atoms with Gasteiger partial charge in [0.25, 0.3) is 0 Å². The monoisotopic (exact) mass is 552 g/mol. The molecular formula is C32H40O8. The molecule has 3 aromatic rings. The van der Waals surface area contributed by atoms with Gasteiger partial charge in [-0.3, -0.25) is 0 Å². The molecule has 0 saturated carbocycles. The molecule has 3 aromatic carbocycles. The van der Waals surface area contributed by atoms with Crippen LogP contribution in [0.5, 0.6) is 34.5 Å². The van der Waals surface area contributed by atoms with Crippen LogP contribution in [0.1, 0.15) is 55.8 Å². The van der Waals surface area contributed by atoms with Crippen LogP contribution in [0.15, 0.2) is 54.6 Å². The van der Waals surface area contributed by atoms with Crippen molar-refractivity contribution in [1.82, 2.24) is 0 Å². The summed E-state index contributed by atoms with van der Waals surface area (Å²) in [6, 6.07) is 17.1. The topological polar surface area (TPSA) is 84.8 Å². The number of hydrogen-bond acceptors (Lipinski definition) is 8. The van der Waals surface area contributed by atoms with Gasteiger partial charge in [0.1, 0.15) is 12.2 Å². The van der Waals surface area contributed by atoms with E-state index < -0.39 is 12.2 Å². The fraction of sp³-hybridized carbons (Fsp3) is 0.438. The minimum atomic E-state index is -0.898. The van der Waals surface area contributed by atoms with E-state index in [0.29, 0.717) is 40.1 Å². The summed E-state index contributed by atoms with van der Waals surface area (Å²) in [4.78, 5) is 0. The normalized spacial score (nSPS) is 21.8. The summed E-state index contributed by atoms with van der Waals surface area (Å²) in [7, 11) is 8.00. The smallest absolute Gasteiger partial charge is 0.161 e. The Labute approximate surface area is 236 Å². The number of rotatable bonds is 11. The molecular weight excluding hydrogens is 512 g/mol. The number of aliphatic hydroxyl groups is 1. The Hall–Kier alpha value is -3.62. The van der Waals surface area contributed by atoms with Gasteiger partial charge in [0, 0.05) is 0 Å².